The average molecular weight is 262 g/mol. The molecule has 0 N–H and O–H groups in total. The van der Waals surface area contributed by atoms with E-state index in [-0.39, 0.29) is 0 Å². The van der Waals surface area contributed by atoms with Gasteiger partial charge in [-0.05, 0) is 66.7 Å². The molecule has 0 heterocycles. The second-order valence-electron chi connectivity index (χ2n) is 5.71. The van der Waals surface area contributed by atoms with E-state index in [9.17, 15) is 4.79 Å². The van der Waals surface area contributed by atoms with Gasteiger partial charge < -0.3 is 4.79 Å². The summed E-state index contributed by atoms with van der Waals surface area (Å²) in [5, 5.41) is 0. The van der Waals surface area contributed by atoms with Crippen molar-refractivity contribution >= 4 is 5.78 Å². The van der Waals surface area contributed by atoms with Gasteiger partial charge in [-0.3, -0.25) is 0 Å². The lowest BCUT2D eigenvalue weighted by atomic mass is 10.1. The molecule has 1 heteroatoms. The fraction of sp³-hybridized carbons (Fsp3) is 0.611. The van der Waals surface area contributed by atoms with Gasteiger partial charge in [-0.15, -0.1) is 0 Å². The first-order chi connectivity index (χ1) is 8.91. The molecule has 1 nitrogen and oxygen atoms in total. The van der Waals surface area contributed by atoms with Crippen LogP contribution in [0, 0.1) is 0 Å². The van der Waals surface area contributed by atoms with Crippen molar-refractivity contribution in [3.05, 3.63) is 34.9 Å². The van der Waals surface area contributed by atoms with Crippen LogP contribution in [0.2, 0.25) is 0 Å². The van der Waals surface area contributed by atoms with Gasteiger partial charge in [0.05, 0.1) is 0 Å². The molecule has 0 aliphatic carbocycles. The third-order valence-corrected chi connectivity index (χ3v) is 3.12. The van der Waals surface area contributed by atoms with E-state index in [1.54, 1.807) is 6.92 Å². The van der Waals surface area contributed by atoms with E-state index >= 15 is 0 Å². The van der Waals surface area contributed by atoms with Crippen LogP contribution in [0.4, 0.5) is 0 Å². The third kappa shape index (κ3) is 13.1. The summed E-state index contributed by atoms with van der Waals surface area (Å²) >= 11 is 0. The first-order valence-corrected chi connectivity index (χ1v) is 7.36. The lowest BCUT2D eigenvalue weighted by molar-refractivity contribution is -0.117. The van der Waals surface area contributed by atoms with Gasteiger partial charge >= 0.3 is 0 Å². The zero-order valence-corrected chi connectivity index (χ0v) is 13.4. The Hall–Kier alpha value is -1.11. The summed E-state index contributed by atoms with van der Waals surface area (Å²) in [5.41, 5.74) is 4.26. The van der Waals surface area contributed by atoms with Crippen LogP contribution in [0.5, 0.6) is 0 Å². The maximum absolute atomic E-state index is 10.8. The Labute approximate surface area is 119 Å². The molecular formula is C18H30O. The molecule has 0 saturated heterocycles. The van der Waals surface area contributed by atoms with Crippen molar-refractivity contribution in [1.29, 1.82) is 0 Å². The highest BCUT2D eigenvalue weighted by Crippen LogP contribution is 2.11. The topological polar surface area (TPSA) is 17.1 Å². The summed E-state index contributed by atoms with van der Waals surface area (Å²) in [7, 11) is 0. The Morgan fingerprint density at radius 2 is 1.37 bits per heavy atom. The van der Waals surface area contributed by atoms with Crippen LogP contribution in [-0.4, -0.2) is 5.78 Å². The van der Waals surface area contributed by atoms with Gasteiger partial charge in [0.15, 0.2) is 0 Å². The van der Waals surface area contributed by atoms with Crippen molar-refractivity contribution in [1.82, 2.24) is 0 Å². The second kappa shape index (κ2) is 10.8. The van der Waals surface area contributed by atoms with Crippen LogP contribution in [-0.2, 0) is 4.79 Å². The molecule has 0 aromatic carbocycles. The van der Waals surface area contributed by atoms with Crippen LogP contribution in [0.1, 0.15) is 73.1 Å². The molecule has 0 fully saturated rings. The van der Waals surface area contributed by atoms with E-state index in [1.807, 2.05) is 0 Å². The molecule has 0 radical (unpaired) electrons. The molecule has 0 saturated carbocycles. The van der Waals surface area contributed by atoms with Crippen LogP contribution in [0.3, 0.4) is 0 Å². The summed E-state index contributed by atoms with van der Waals surface area (Å²) in [6.07, 6.45) is 13.0. The Kier molecular flexibility index (Phi) is 10.1. The highest BCUT2D eigenvalue weighted by molar-refractivity contribution is 5.75. The number of hydrogen-bond donors (Lipinski definition) is 0. The van der Waals surface area contributed by atoms with Gasteiger partial charge in [0.25, 0.3) is 0 Å². The minimum absolute atomic E-state index is 0.294. The van der Waals surface area contributed by atoms with Crippen molar-refractivity contribution in [3.8, 4) is 0 Å². The zero-order valence-electron chi connectivity index (χ0n) is 13.4. The number of carbonyl (C=O) groups excluding carboxylic acids is 1. The summed E-state index contributed by atoms with van der Waals surface area (Å²) in [6.45, 7) is 10.3. The van der Waals surface area contributed by atoms with Crippen molar-refractivity contribution in [3.63, 3.8) is 0 Å². The van der Waals surface area contributed by atoms with Gasteiger partial charge in [0.2, 0.25) is 0 Å². The van der Waals surface area contributed by atoms with E-state index in [4.69, 9.17) is 0 Å². The van der Waals surface area contributed by atoms with E-state index in [2.05, 4.69) is 45.9 Å². The first kappa shape index (κ1) is 17.9. The van der Waals surface area contributed by atoms with Crippen molar-refractivity contribution in [2.24, 2.45) is 0 Å². The Morgan fingerprint density at radius 3 is 1.89 bits per heavy atom. The first-order valence-electron chi connectivity index (χ1n) is 7.36. The predicted molar refractivity (Wildman–Crippen MR) is 85.3 cm³/mol. The summed E-state index contributed by atoms with van der Waals surface area (Å²) in [6, 6.07) is 0. The summed E-state index contributed by atoms with van der Waals surface area (Å²) in [5.74, 6) is 0.294. The Bertz CT molecular complexity index is 352. The van der Waals surface area contributed by atoms with Crippen LogP contribution in [0.15, 0.2) is 34.9 Å². The standard InChI is InChI=1S/C18H30O/c1-15(2)9-6-10-16(3)11-7-12-17(4)13-8-14-18(5)19/h9,11-12H,6-8,10,13-14H2,1-5H3/b16-11+,17-12+. The van der Waals surface area contributed by atoms with E-state index in [1.165, 1.54) is 16.7 Å². The smallest absolute Gasteiger partial charge is 0.129 e. The fourth-order valence-electron chi connectivity index (χ4n) is 1.87. The van der Waals surface area contributed by atoms with E-state index in [0.717, 1.165) is 32.1 Å². The van der Waals surface area contributed by atoms with Gasteiger partial charge in [0.1, 0.15) is 5.78 Å². The molecule has 0 bridgehead atoms. The third-order valence-electron chi connectivity index (χ3n) is 3.12. The molecule has 0 aromatic rings. The molecule has 108 valence electrons. The normalized spacial score (nSPS) is 12.5. The molecule has 0 aliphatic rings. The molecular weight excluding hydrogens is 232 g/mol. The highest BCUT2D eigenvalue weighted by atomic mass is 16.1. The number of ketones is 1. The quantitative estimate of drug-likeness (QED) is 0.482. The lowest BCUT2D eigenvalue weighted by Gasteiger charge is -2.00. The maximum Gasteiger partial charge on any atom is 0.129 e. The zero-order chi connectivity index (χ0) is 14.7. The monoisotopic (exact) mass is 262 g/mol. The number of hydrogen-bond acceptors (Lipinski definition) is 1. The van der Waals surface area contributed by atoms with E-state index in [0.29, 0.717) is 12.2 Å². The molecule has 0 aliphatic heterocycles. The van der Waals surface area contributed by atoms with Gasteiger partial charge in [0, 0.05) is 6.42 Å². The van der Waals surface area contributed by atoms with Crippen molar-refractivity contribution in [2.75, 3.05) is 0 Å². The Morgan fingerprint density at radius 1 is 0.789 bits per heavy atom. The fourth-order valence-corrected chi connectivity index (χ4v) is 1.87. The van der Waals surface area contributed by atoms with Crippen molar-refractivity contribution in [2.45, 2.75) is 73.1 Å². The van der Waals surface area contributed by atoms with Gasteiger partial charge in [-0.1, -0.05) is 34.9 Å². The second-order valence-corrected chi connectivity index (χ2v) is 5.71. The summed E-state index contributed by atoms with van der Waals surface area (Å²) in [4.78, 5) is 10.8. The number of Topliss-reactive ketones (excluding diaryl/α,β-unsaturated/α-hetero) is 1. The number of allylic oxidation sites excluding steroid dienone is 6. The highest BCUT2D eigenvalue weighted by Gasteiger charge is 1.94. The molecule has 0 atom stereocenters. The predicted octanol–water partition coefficient (Wildman–Crippen LogP) is 5.77. The Balaban J connectivity index is 3.90. The minimum atomic E-state index is 0.294. The molecule has 0 unspecified atom stereocenters. The SMILES string of the molecule is CC(=O)CCC/C(C)=C/C/C=C(\C)CCC=C(C)C. The maximum atomic E-state index is 10.8. The number of carbonyl (C=O) groups is 1. The largest absolute Gasteiger partial charge is 0.300 e. The molecule has 0 aromatic heterocycles. The van der Waals surface area contributed by atoms with Gasteiger partial charge in [-0.2, -0.15) is 0 Å². The number of rotatable bonds is 9. The van der Waals surface area contributed by atoms with Crippen molar-refractivity contribution < 1.29 is 4.79 Å². The summed E-state index contributed by atoms with van der Waals surface area (Å²) < 4.78 is 0. The van der Waals surface area contributed by atoms with Crippen LogP contribution < -0.4 is 0 Å². The molecule has 0 rings (SSSR count). The molecule has 19 heavy (non-hydrogen) atoms. The van der Waals surface area contributed by atoms with Crippen LogP contribution in [0.25, 0.3) is 0 Å². The average Bonchev–Trinajstić information content (AvgIpc) is 2.27. The van der Waals surface area contributed by atoms with Gasteiger partial charge in [-0.25, -0.2) is 0 Å². The lowest BCUT2D eigenvalue weighted by Crippen LogP contribution is -1.89. The minimum Gasteiger partial charge on any atom is -0.300 e. The van der Waals surface area contributed by atoms with Crippen LogP contribution >= 0.6 is 0 Å². The molecule has 0 spiro atoms. The van der Waals surface area contributed by atoms with E-state index < -0.39 is 0 Å². The molecule has 0 amide bonds.